The zero-order chi connectivity index (χ0) is 14.8. The van der Waals surface area contributed by atoms with E-state index in [1.54, 1.807) is 21.3 Å². The molecule has 0 aliphatic heterocycles. The van der Waals surface area contributed by atoms with Gasteiger partial charge in [-0.15, -0.1) is 0 Å². The van der Waals surface area contributed by atoms with E-state index in [0.29, 0.717) is 0 Å². The van der Waals surface area contributed by atoms with Crippen molar-refractivity contribution in [2.24, 2.45) is 0 Å². The van der Waals surface area contributed by atoms with Crippen molar-refractivity contribution in [3.8, 4) is 0 Å². The topological polar surface area (TPSA) is 27.7 Å². The fourth-order valence-corrected chi connectivity index (χ4v) is 3.92. The number of benzene rings is 1. The molecular formula is C16H26O3Si. The van der Waals surface area contributed by atoms with Gasteiger partial charge < -0.3 is 13.3 Å². The molecule has 4 heteroatoms. The molecule has 1 aromatic carbocycles. The third-order valence-corrected chi connectivity index (χ3v) is 6.01. The Bertz CT molecular complexity index is 388. The number of rotatable bonds is 9. The summed E-state index contributed by atoms with van der Waals surface area (Å²) in [7, 11) is 2.19. The van der Waals surface area contributed by atoms with Crippen molar-refractivity contribution >= 4 is 20.1 Å². The molecule has 112 valence electrons. The molecular weight excluding hydrogens is 268 g/mol. The van der Waals surface area contributed by atoms with Crippen molar-refractivity contribution < 1.29 is 13.3 Å². The lowest BCUT2D eigenvalue weighted by atomic mass is 10.1. The Hall–Kier alpha value is -0.943. The molecule has 20 heavy (non-hydrogen) atoms. The summed E-state index contributed by atoms with van der Waals surface area (Å²) in [5.41, 5.74) is 1.19. The van der Waals surface area contributed by atoms with Crippen LogP contribution in [0.3, 0.4) is 0 Å². The van der Waals surface area contributed by atoms with Crippen LogP contribution in [0.1, 0.15) is 38.2 Å². The van der Waals surface area contributed by atoms with Crippen molar-refractivity contribution in [3.05, 3.63) is 35.9 Å². The highest BCUT2D eigenvalue weighted by atomic mass is 28.4. The molecule has 0 saturated heterocycles. The normalized spacial score (nSPS) is 12.2. The molecule has 0 aromatic heterocycles. The monoisotopic (exact) mass is 294 g/mol. The second kappa shape index (κ2) is 9.08. The van der Waals surface area contributed by atoms with Crippen LogP contribution in [0.2, 0.25) is 0 Å². The van der Waals surface area contributed by atoms with E-state index in [2.05, 4.69) is 31.2 Å². The lowest BCUT2D eigenvalue weighted by Gasteiger charge is -2.24. The minimum Gasteiger partial charge on any atom is -0.373 e. The van der Waals surface area contributed by atoms with Gasteiger partial charge in [0.2, 0.25) is 0 Å². The van der Waals surface area contributed by atoms with Gasteiger partial charge in [-0.3, -0.25) is 0 Å². The molecule has 0 radical (unpaired) electrons. The Labute approximate surface area is 123 Å². The molecule has 0 spiro atoms. The van der Waals surface area contributed by atoms with Crippen LogP contribution in [0.25, 0.3) is 6.08 Å². The average molecular weight is 294 g/mol. The summed E-state index contributed by atoms with van der Waals surface area (Å²) in [6.07, 6.45) is 9.36. The van der Waals surface area contributed by atoms with E-state index in [0.717, 1.165) is 11.6 Å². The smallest absolute Gasteiger partial charge is 0.373 e. The molecule has 0 unspecified atom stereocenters. The summed E-state index contributed by atoms with van der Waals surface area (Å²) in [5.74, 6) is 0. The molecule has 0 amide bonds. The molecule has 0 bridgehead atoms. The number of unbranched alkanes of at least 4 members (excludes halogenated alkanes) is 3. The minimum atomic E-state index is -2.69. The molecule has 0 heterocycles. The van der Waals surface area contributed by atoms with Crippen molar-refractivity contribution in [2.75, 3.05) is 21.3 Å². The standard InChI is InChI=1S/C16H26O3Si/c1-5-6-7-8-9-10-15-11-13-16(14-12-15)20(17-2,18-3)19-4/h9-14H,5-8H2,1-4H3. The lowest BCUT2D eigenvalue weighted by molar-refractivity contribution is 0.140. The molecule has 0 aliphatic rings. The van der Waals surface area contributed by atoms with Crippen LogP contribution in [0, 0.1) is 0 Å². The van der Waals surface area contributed by atoms with Crippen LogP contribution < -0.4 is 5.19 Å². The lowest BCUT2D eigenvalue weighted by Crippen LogP contribution is -2.54. The first-order valence-electron chi connectivity index (χ1n) is 7.15. The van der Waals surface area contributed by atoms with Gasteiger partial charge in [0.05, 0.1) is 0 Å². The summed E-state index contributed by atoms with van der Waals surface area (Å²) >= 11 is 0. The predicted molar refractivity (Wildman–Crippen MR) is 86.0 cm³/mol. The highest BCUT2D eigenvalue weighted by Gasteiger charge is 2.40. The summed E-state index contributed by atoms with van der Waals surface area (Å²) in [5, 5.41) is 0.980. The number of hydrogen-bond donors (Lipinski definition) is 0. The summed E-state index contributed by atoms with van der Waals surface area (Å²) in [6, 6.07) is 8.19. The average Bonchev–Trinajstić information content (AvgIpc) is 2.51. The van der Waals surface area contributed by atoms with Crippen molar-refractivity contribution in [1.29, 1.82) is 0 Å². The molecule has 1 aromatic rings. The van der Waals surface area contributed by atoms with E-state index in [9.17, 15) is 0 Å². The van der Waals surface area contributed by atoms with E-state index < -0.39 is 8.80 Å². The van der Waals surface area contributed by atoms with Gasteiger partial charge in [0.15, 0.2) is 0 Å². The van der Waals surface area contributed by atoms with Crippen LogP contribution in [0.15, 0.2) is 30.3 Å². The van der Waals surface area contributed by atoms with E-state index in [1.165, 1.54) is 24.8 Å². The zero-order valence-corrected chi connectivity index (χ0v) is 14.0. The summed E-state index contributed by atoms with van der Waals surface area (Å²) in [4.78, 5) is 0. The zero-order valence-electron chi connectivity index (χ0n) is 13.0. The highest BCUT2D eigenvalue weighted by molar-refractivity contribution is 6.75. The third kappa shape index (κ3) is 4.56. The van der Waals surface area contributed by atoms with E-state index in [1.807, 2.05) is 12.1 Å². The summed E-state index contributed by atoms with van der Waals surface area (Å²) in [6.45, 7) is 2.22. The minimum absolute atomic E-state index is 0.980. The van der Waals surface area contributed by atoms with Crippen molar-refractivity contribution in [2.45, 2.75) is 32.6 Å². The molecule has 0 saturated carbocycles. The number of hydrogen-bond acceptors (Lipinski definition) is 3. The van der Waals surface area contributed by atoms with Gasteiger partial charge in [0.1, 0.15) is 0 Å². The van der Waals surface area contributed by atoms with Gasteiger partial charge >= 0.3 is 8.80 Å². The molecule has 1 rings (SSSR count). The fraction of sp³-hybridized carbons (Fsp3) is 0.500. The first kappa shape index (κ1) is 17.1. The van der Waals surface area contributed by atoms with Crippen molar-refractivity contribution in [1.82, 2.24) is 0 Å². The van der Waals surface area contributed by atoms with E-state index in [-0.39, 0.29) is 0 Å². The molecule has 0 fully saturated rings. The Morgan fingerprint density at radius 1 is 0.950 bits per heavy atom. The molecule has 0 aliphatic carbocycles. The van der Waals surface area contributed by atoms with Gasteiger partial charge in [-0.1, -0.05) is 56.2 Å². The van der Waals surface area contributed by atoms with Crippen LogP contribution in [-0.4, -0.2) is 30.1 Å². The van der Waals surface area contributed by atoms with Gasteiger partial charge in [-0.05, 0) is 18.4 Å². The SMILES string of the molecule is CCCCCC=Cc1ccc([Si](OC)(OC)OC)cc1. The summed E-state index contributed by atoms with van der Waals surface area (Å²) < 4.78 is 16.4. The van der Waals surface area contributed by atoms with Crippen LogP contribution >= 0.6 is 0 Å². The largest absolute Gasteiger partial charge is 0.536 e. The van der Waals surface area contributed by atoms with Crippen LogP contribution in [0.4, 0.5) is 0 Å². The van der Waals surface area contributed by atoms with Gasteiger partial charge in [-0.2, -0.15) is 0 Å². The molecule has 0 atom stereocenters. The van der Waals surface area contributed by atoms with E-state index >= 15 is 0 Å². The Kier molecular flexibility index (Phi) is 7.77. The van der Waals surface area contributed by atoms with Gasteiger partial charge in [0.25, 0.3) is 0 Å². The quantitative estimate of drug-likeness (QED) is 0.516. The predicted octanol–water partition coefficient (Wildman–Crippen LogP) is 3.37. The Morgan fingerprint density at radius 3 is 2.05 bits per heavy atom. The Morgan fingerprint density at radius 2 is 1.55 bits per heavy atom. The van der Waals surface area contributed by atoms with Gasteiger partial charge in [0, 0.05) is 26.5 Å². The van der Waals surface area contributed by atoms with Crippen molar-refractivity contribution in [3.63, 3.8) is 0 Å². The van der Waals surface area contributed by atoms with E-state index in [4.69, 9.17) is 13.3 Å². The van der Waals surface area contributed by atoms with Crippen LogP contribution in [0.5, 0.6) is 0 Å². The maximum atomic E-state index is 5.46. The first-order valence-corrected chi connectivity index (χ1v) is 8.87. The maximum Gasteiger partial charge on any atom is 0.536 e. The maximum absolute atomic E-state index is 5.46. The molecule has 0 N–H and O–H groups in total. The second-order valence-corrected chi connectivity index (χ2v) is 7.60. The van der Waals surface area contributed by atoms with Crippen LogP contribution in [-0.2, 0) is 13.3 Å². The Balaban J connectivity index is 2.68. The molecule has 3 nitrogen and oxygen atoms in total. The second-order valence-electron chi connectivity index (χ2n) is 4.69. The third-order valence-electron chi connectivity index (χ3n) is 3.36. The fourth-order valence-electron chi connectivity index (χ4n) is 2.13. The number of allylic oxidation sites excluding steroid dienone is 1. The van der Waals surface area contributed by atoms with Gasteiger partial charge in [-0.25, -0.2) is 0 Å². The highest BCUT2D eigenvalue weighted by Crippen LogP contribution is 2.10. The first-order chi connectivity index (χ1) is 9.72.